The molecule has 2 aliphatic heterocycles. The Morgan fingerprint density at radius 2 is 1.93 bits per heavy atom. The van der Waals surface area contributed by atoms with Gasteiger partial charge in [0.2, 0.25) is 10.0 Å². The molecular formula is C21H24N2O4S2. The van der Waals surface area contributed by atoms with Crippen molar-refractivity contribution in [3.63, 3.8) is 0 Å². The van der Waals surface area contributed by atoms with E-state index in [0.717, 1.165) is 30.6 Å². The summed E-state index contributed by atoms with van der Waals surface area (Å²) in [5, 5.41) is 3.08. The second-order valence-electron chi connectivity index (χ2n) is 7.18. The van der Waals surface area contributed by atoms with Crippen LogP contribution in [0.2, 0.25) is 0 Å². The lowest BCUT2D eigenvalue weighted by atomic mass is 10.0. The molecule has 4 rings (SSSR count). The summed E-state index contributed by atoms with van der Waals surface area (Å²) in [4.78, 5) is 14.2. The lowest BCUT2D eigenvalue weighted by Crippen LogP contribution is -2.31. The molecular weight excluding hydrogens is 408 g/mol. The summed E-state index contributed by atoms with van der Waals surface area (Å²) < 4.78 is 32.8. The summed E-state index contributed by atoms with van der Waals surface area (Å²) in [6, 6.07) is 12.6. The van der Waals surface area contributed by atoms with Crippen LogP contribution in [0, 0.1) is 0 Å². The SMILES string of the molecule is COc1ccc(C(=O)N[C@H]2CCSc3ccccc32)cc1S(=O)(=O)N1CCCC1. The molecule has 6 nitrogen and oxygen atoms in total. The highest BCUT2D eigenvalue weighted by molar-refractivity contribution is 7.99. The molecule has 154 valence electrons. The van der Waals surface area contributed by atoms with E-state index in [4.69, 9.17) is 4.74 Å². The van der Waals surface area contributed by atoms with Gasteiger partial charge in [0.1, 0.15) is 10.6 Å². The Hall–Kier alpha value is -2.03. The minimum absolute atomic E-state index is 0.0501. The number of hydrogen-bond donors (Lipinski definition) is 1. The van der Waals surface area contributed by atoms with Crippen molar-refractivity contribution >= 4 is 27.7 Å². The maximum Gasteiger partial charge on any atom is 0.251 e. The van der Waals surface area contributed by atoms with Crippen LogP contribution in [0.25, 0.3) is 0 Å². The van der Waals surface area contributed by atoms with E-state index in [0.29, 0.717) is 18.7 Å². The van der Waals surface area contributed by atoms with Crippen LogP contribution >= 0.6 is 11.8 Å². The molecule has 0 saturated carbocycles. The molecule has 29 heavy (non-hydrogen) atoms. The first-order valence-corrected chi connectivity index (χ1v) is 12.1. The number of rotatable bonds is 5. The molecule has 2 heterocycles. The predicted octanol–water partition coefficient (Wildman–Crippen LogP) is 3.45. The Kier molecular flexibility index (Phi) is 5.85. The average molecular weight is 433 g/mol. The molecule has 1 N–H and O–H groups in total. The molecule has 2 aromatic rings. The molecule has 0 spiro atoms. The first-order chi connectivity index (χ1) is 14.0. The summed E-state index contributed by atoms with van der Waals surface area (Å²) in [5.74, 6) is 0.907. The van der Waals surface area contributed by atoms with E-state index in [9.17, 15) is 13.2 Å². The van der Waals surface area contributed by atoms with E-state index >= 15 is 0 Å². The topological polar surface area (TPSA) is 75.7 Å². The molecule has 1 saturated heterocycles. The number of benzene rings is 2. The number of nitrogens with zero attached hydrogens (tertiary/aromatic N) is 1. The Bertz CT molecular complexity index is 1020. The molecule has 1 amide bonds. The zero-order chi connectivity index (χ0) is 20.4. The standard InChI is InChI=1S/C21H24N2O4S2/c1-27-18-9-8-15(14-20(18)29(25,26)23-11-4-5-12-23)21(24)22-17-10-13-28-19-7-3-2-6-16(17)19/h2-3,6-9,14,17H,4-5,10-13H2,1H3,(H,22,24)/t17-/m0/s1. The van der Waals surface area contributed by atoms with Gasteiger partial charge in [-0.3, -0.25) is 4.79 Å². The molecule has 1 atom stereocenters. The number of carbonyl (C=O) groups is 1. The van der Waals surface area contributed by atoms with Crippen LogP contribution in [0.15, 0.2) is 52.3 Å². The zero-order valence-electron chi connectivity index (χ0n) is 16.3. The van der Waals surface area contributed by atoms with Crippen LogP contribution in [0.4, 0.5) is 0 Å². The number of hydrogen-bond acceptors (Lipinski definition) is 5. The van der Waals surface area contributed by atoms with Crippen LogP contribution in [-0.2, 0) is 10.0 Å². The third-order valence-electron chi connectivity index (χ3n) is 5.37. The lowest BCUT2D eigenvalue weighted by molar-refractivity contribution is 0.0934. The van der Waals surface area contributed by atoms with E-state index < -0.39 is 10.0 Å². The van der Waals surface area contributed by atoms with E-state index in [1.165, 1.54) is 22.4 Å². The fourth-order valence-corrected chi connectivity index (χ4v) is 6.64. The van der Waals surface area contributed by atoms with Crippen LogP contribution in [-0.4, -0.2) is 44.6 Å². The summed E-state index contributed by atoms with van der Waals surface area (Å²) in [5.41, 5.74) is 1.43. The van der Waals surface area contributed by atoms with Crippen LogP contribution in [0.3, 0.4) is 0 Å². The number of nitrogens with one attached hydrogen (secondary N) is 1. The summed E-state index contributed by atoms with van der Waals surface area (Å²) in [7, 11) is -2.26. The molecule has 1 fully saturated rings. The highest BCUT2D eigenvalue weighted by atomic mass is 32.2. The molecule has 0 unspecified atom stereocenters. The lowest BCUT2D eigenvalue weighted by Gasteiger charge is -2.26. The van der Waals surface area contributed by atoms with Crippen molar-refractivity contribution in [3.05, 3.63) is 53.6 Å². The summed E-state index contributed by atoms with van der Waals surface area (Å²) >= 11 is 1.79. The first-order valence-electron chi connectivity index (χ1n) is 9.71. The predicted molar refractivity (Wildman–Crippen MR) is 113 cm³/mol. The van der Waals surface area contributed by atoms with E-state index in [1.807, 2.05) is 18.2 Å². The normalized spacial score (nSPS) is 19.6. The summed E-state index contributed by atoms with van der Waals surface area (Å²) in [6.45, 7) is 0.997. The van der Waals surface area contributed by atoms with Crippen molar-refractivity contribution in [1.29, 1.82) is 0 Å². The van der Waals surface area contributed by atoms with Crippen molar-refractivity contribution in [2.24, 2.45) is 0 Å². The van der Waals surface area contributed by atoms with Gasteiger partial charge in [0, 0.05) is 29.3 Å². The molecule has 2 aromatic carbocycles. The van der Waals surface area contributed by atoms with Gasteiger partial charge in [-0.1, -0.05) is 18.2 Å². The molecule has 2 aliphatic rings. The highest BCUT2D eigenvalue weighted by Crippen LogP contribution is 2.36. The minimum atomic E-state index is -3.69. The van der Waals surface area contributed by atoms with Gasteiger partial charge < -0.3 is 10.1 Å². The second-order valence-corrected chi connectivity index (χ2v) is 10.2. The van der Waals surface area contributed by atoms with Crippen LogP contribution in [0.5, 0.6) is 5.75 Å². The average Bonchev–Trinajstić information content (AvgIpc) is 3.29. The Balaban J connectivity index is 1.62. The monoisotopic (exact) mass is 432 g/mol. The quantitative estimate of drug-likeness (QED) is 0.783. The smallest absolute Gasteiger partial charge is 0.251 e. The number of sulfonamides is 1. The van der Waals surface area contributed by atoms with Gasteiger partial charge in [-0.05, 0) is 49.1 Å². The maximum atomic E-state index is 13.1. The number of fused-ring (bicyclic) bond motifs is 1. The van der Waals surface area contributed by atoms with Gasteiger partial charge in [0.05, 0.1) is 13.2 Å². The third-order valence-corrected chi connectivity index (χ3v) is 8.41. The van der Waals surface area contributed by atoms with Gasteiger partial charge in [0.15, 0.2) is 0 Å². The van der Waals surface area contributed by atoms with Crippen molar-refractivity contribution in [2.75, 3.05) is 26.0 Å². The minimum Gasteiger partial charge on any atom is -0.495 e. The van der Waals surface area contributed by atoms with E-state index in [1.54, 1.807) is 23.9 Å². The fraction of sp³-hybridized carbons (Fsp3) is 0.381. The van der Waals surface area contributed by atoms with Crippen LogP contribution < -0.4 is 10.1 Å². The Labute approximate surface area is 175 Å². The zero-order valence-corrected chi connectivity index (χ0v) is 17.9. The number of ether oxygens (including phenoxy) is 1. The van der Waals surface area contributed by atoms with Crippen molar-refractivity contribution in [1.82, 2.24) is 9.62 Å². The second kappa shape index (κ2) is 8.38. The fourth-order valence-electron chi connectivity index (χ4n) is 3.82. The molecule has 8 heteroatoms. The Morgan fingerprint density at radius 3 is 2.69 bits per heavy atom. The van der Waals surface area contributed by atoms with Crippen LogP contribution in [0.1, 0.15) is 41.2 Å². The van der Waals surface area contributed by atoms with Crippen molar-refractivity contribution in [3.8, 4) is 5.75 Å². The van der Waals surface area contributed by atoms with Crippen molar-refractivity contribution in [2.45, 2.75) is 35.1 Å². The third kappa shape index (κ3) is 4.01. The van der Waals surface area contributed by atoms with E-state index in [-0.39, 0.29) is 22.6 Å². The highest BCUT2D eigenvalue weighted by Gasteiger charge is 2.31. The maximum absolute atomic E-state index is 13.1. The molecule has 0 aliphatic carbocycles. The van der Waals surface area contributed by atoms with Gasteiger partial charge in [0.25, 0.3) is 5.91 Å². The van der Waals surface area contributed by atoms with Crippen molar-refractivity contribution < 1.29 is 17.9 Å². The number of amides is 1. The molecule has 0 radical (unpaired) electrons. The summed E-state index contributed by atoms with van der Waals surface area (Å²) in [6.07, 6.45) is 2.53. The number of thioether (sulfide) groups is 1. The number of methoxy groups -OCH3 is 1. The van der Waals surface area contributed by atoms with Gasteiger partial charge in [-0.2, -0.15) is 4.31 Å². The van der Waals surface area contributed by atoms with E-state index in [2.05, 4.69) is 11.4 Å². The Morgan fingerprint density at radius 1 is 1.17 bits per heavy atom. The number of carbonyl (C=O) groups excluding carboxylic acids is 1. The largest absolute Gasteiger partial charge is 0.495 e. The molecule has 0 bridgehead atoms. The first kappa shape index (κ1) is 20.3. The van der Waals surface area contributed by atoms with Gasteiger partial charge >= 0.3 is 0 Å². The van der Waals surface area contributed by atoms with Gasteiger partial charge in [-0.25, -0.2) is 8.42 Å². The van der Waals surface area contributed by atoms with Gasteiger partial charge in [-0.15, -0.1) is 11.8 Å². The molecule has 0 aromatic heterocycles.